The highest BCUT2D eigenvalue weighted by molar-refractivity contribution is 4.50. The van der Waals surface area contributed by atoms with E-state index < -0.39 is 12.6 Å². The largest absolute Gasteiger partial charge is 0.389 e. The minimum atomic E-state index is -4.05. The molecule has 0 aliphatic rings. The third-order valence-electron chi connectivity index (χ3n) is 1.64. The summed E-state index contributed by atoms with van der Waals surface area (Å²) in [5.74, 6) is 0. The number of halogens is 3. The third kappa shape index (κ3) is 11.7. The van der Waals surface area contributed by atoms with Gasteiger partial charge in [0.2, 0.25) is 0 Å². The highest BCUT2D eigenvalue weighted by atomic mass is 19.4. The molecule has 0 bridgehead atoms. The lowest BCUT2D eigenvalue weighted by atomic mass is 10.3. The van der Waals surface area contributed by atoms with Crippen LogP contribution in [0.5, 0.6) is 0 Å². The molecule has 0 saturated carbocycles. The van der Waals surface area contributed by atoms with E-state index in [2.05, 4.69) is 5.32 Å². The molecule has 86 valence electrons. The molecule has 2 nitrogen and oxygen atoms in total. The topological polar surface area (TPSA) is 21.3 Å². The van der Waals surface area contributed by atoms with Gasteiger partial charge in [-0.25, -0.2) is 0 Å². The van der Waals surface area contributed by atoms with Gasteiger partial charge in [0.1, 0.15) is 0 Å². The normalized spacial score (nSPS) is 12.0. The lowest BCUT2D eigenvalue weighted by molar-refractivity contribution is -0.137. The van der Waals surface area contributed by atoms with Crippen molar-refractivity contribution >= 4 is 0 Å². The van der Waals surface area contributed by atoms with E-state index >= 15 is 0 Å². The molecule has 0 aliphatic heterocycles. The predicted octanol–water partition coefficient (Wildman–Crippen LogP) is 2.35. The molecule has 0 rings (SSSR count). The molecule has 0 saturated heterocycles. The summed E-state index contributed by atoms with van der Waals surface area (Å²) in [6, 6.07) is 0. The van der Waals surface area contributed by atoms with Crippen molar-refractivity contribution in [1.29, 1.82) is 0 Å². The van der Waals surface area contributed by atoms with Gasteiger partial charge in [0.25, 0.3) is 0 Å². The van der Waals surface area contributed by atoms with Gasteiger partial charge in [-0.05, 0) is 25.9 Å². The maximum absolute atomic E-state index is 11.7. The van der Waals surface area contributed by atoms with Crippen LogP contribution in [0.4, 0.5) is 13.2 Å². The fourth-order valence-electron chi connectivity index (χ4n) is 0.953. The van der Waals surface area contributed by atoms with Crippen molar-refractivity contribution in [2.45, 2.75) is 32.4 Å². The lowest BCUT2D eigenvalue weighted by Gasteiger charge is -2.06. The number of ether oxygens (including phenoxy) is 1. The maximum Gasteiger partial charge on any atom is 0.389 e. The second-order valence-corrected chi connectivity index (χ2v) is 3.04. The van der Waals surface area contributed by atoms with Crippen molar-refractivity contribution in [3.8, 4) is 0 Å². The van der Waals surface area contributed by atoms with Crippen molar-refractivity contribution in [1.82, 2.24) is 5.32 Å². The van der Waals surface area contributed by atoms with Gasteiger partial charge < -0.3 is 10.1 Å². The van der Waals surface area contributed by atoms with Crippen molar-refractivity contribution in [3.05, 3.63) is 0 Å². The smallest absolute Gasteiger partial charge is 0.381 e. The minimum absolute atomic E-state index is 0.0602. The van der Waals surface area contributed by atoms with E-state index in [1.165, 1.54) is 0 Å². The van der Waals surface area contributed by atoms with Crippen LogP contribution >= 0.6 is 0 Å². The van der Waals surface area contributed by atoms with Gasteiger partial charge >= 0.3 is 6.18 Å². The Morgan fingerprint density at radius 2 is 1.79 bits per heavy atom. The Bertz CT molecular complexity index is 128. The Balaban J connectivity index is 2.99. The zero-order chi connectivity index (χ0) is 10.9. The second-order valence-electron chi connectivity index (χ2n) is 3.04. The minimum Gasteiger partial charge on any atom is -0.381 e. The van der Waals surface area contributed by atoms with E-state index in [4.69, 9.17) is 4.74 Å². The summed E-state index contributed by atoms with van der Waals surface area (Å²) in [5.41, 5.74) is 0. The molecule has 1 N–H and O–H groups in total. The number of alkyl halides is 3. The molecule has 0 aromatic carbocycles. The van der Waals surface area contributed by atoms with Crippen LogP contribution in [0.3, 0.4) is 0 Å². The first-order valence-corrected chi connectivity index (χ1v) is 4.91. The standard InChI is InChI=1S/C9H18F3NO/c1-2-13-6-4-8-14-7-3-5-9(10,11)12/h13H,2-8H2,1H3. The van der Waals surface area contributed by atoms with Crippen molar-refractivity contribution < 1.29 is 17.9 Å². The Hall–Kier alpha value is -0.290. The van der Waals surface area contributed by atoms with Crippen LogP contribution in [0, 0.1) is 0 Å². The highest BCUT2D eigenvalue weighted by Crippen LogP contribution is 2.20. The fourth-order valence-corrected chi connectivity index (χ4v) is 0.953. The summed E-state index contributed by atoms with van der Waals surface area (Å²) in [6.45, 7) is 4.50. The van der Waals surface area contributed by atoms with Gasteiger partial charge in [0.15, 0.2) is 0 Å². The summed E-state index contributed by atoms with van der Waals surface area (Å²) in [4.78, 5) is 0. The fraction of sp³-hybridized carbons (Fsp3) is 1.00. The molecule has 0 amide bonds. The summed E-state index contributed by atoms with van der Waals surface area (Å²) < 4.78 is 40.0. The van der Waals surface area contributed by atoms with Crippen LogP contribution in [0.2, 0.25) is 0 Å². The van der Waals surface area contributed by atoms with Gasteiger partial charge in [-0.1, -0.05) is 6.92 Å². The van der Waals surface area contributed by atoms with Gasteiger partial charge in [-0.15, -0.1) is 0 Å². The highest BCUT2D eigenvalue weighted by Gasteiger charge is 2.25. The van der Waals surface area contributed by atoms with E-state index in [-0.39, 0.29) is 13.0 Å². The molecule has 0 aliphatic carbocycles. The first kappa shape index (κ1) is 13.7. The first-order valence-electron chi connectivity index (χ1n) is 4.91. The molecule has 0 spiro atoms. The Morgan fingerprint density at radius 1 is 1.14 bits per heavy atom. The van der Waals surface area contributed by atoms with Crippen LogP contribution in [-0.2, 0) is 4.74 Å². The molecule has 5 heteroatoms. The maximum atomic E-state index is 11.7. The molecule has 0 atom stereocenters. The van der Waals surface area contributed by atoms with Gasteiger partial charge in [0, 0.05) is 19.6 Å². The van der Waals surface area contributed by atoms with E-state index in [1.807, 2.05) is 6.92 Å². The summed E-state index contributed by atoms with van der Waals surface area (Å²) in [5, 5.41) is 3.10. The van der Waals surface area contributed by atoms with E-state index in [9.17, 15) is 13.2 Å². The van der Waals surface area contributed by atoms with Crippen LogP contribution in [0.1, 0.15) is 26.2 Å². The van der Waals surface area contributed by atoms with Crippen LogP contribution in [0.25, 0.3) is 0 Å². The van der Waals surface area contributed by atoms with Crippen molar-refractivity contribution in [2.75, 3.05) is 26.3 Å². The SMILES string of the molecule is CCNCCCOCCCC(F)(F)F. The summed E-state index contributed by atoms with van der Waals surface area (Å²) in [6.07, 6.45) is -3.89. The molecule has 0 heterocycles. The first-order chi connectivity index (χ1) is 6.56. The molecule has 0 fully saturated rings. The Labute approximate surface area is 82.8 Å². The quantitative estimate of drug-likeness (QED) is 0.625. The Kier molecular flexibility index (Phi) is 7.89. The van der Waals surface area contributed by atoms with E-state index in [0.717, 1.165) is 19.5 Å². The van der Waals surface area contributed by atoms with Crippen molar-refractivity contribution in [2.24, 2.45) is 0 Å². The third-order valence-corrected chi connectivity index (χ3v) is 1.64. The molecule has 0 aromatic rings. The molecule has 0 aromatic heterocycles. The summed E-state index contributed by atoms with van der Waals surface area (Å²) >= 11 is 0. The van der Waals surface area contributed by atoms with Crippen LogP contribution in [0.15, 0.2) is 0 Å². The second kappa shape index (κ2) is 8.05. The van der Waals surface area contributed by atoms with Crippen LogP contribution < -0.4 is 5.32 Å². The molecular formula is C9H18F3NO. The average molecular weight is 213 g/mol. The average Bonchev–Trinajstić information content (AvgIpc) is 2.08. The zero-order valence-electron chi connectivity index (χ0n) is 8.49. The zero-order valence-corrected chi connectivity index (χ0v) is 8.49. The predicted molar refractivity (Wildman–Crippen MR) is 49.3 cm³/mol. The van der Waals surface area contributed by atoms with Gasteiger partial charge in [-0.2, -0.15) is 13.2 Å². The lowest BCUT2D eigenvalue weighted by Crippen LogP contribution is -2.16. The van der Waals surface area contributed by atoms with Gasteiger partial charge in [-0.3, -0.25) is 0 Å². The van der Waals surface area contributed by atoms with E-state index in [0.29, 0.717) is 6.61 Å². The molecule has 0 radical (unpaired) electrons. The Morgan fingerprint density at radius 3 is 2.36 bits per heavy atom. The summed E-state index contributed by atoms with van der Waals surface area (Å²) in [7, 11) is 0. The monoisotopic (exact) mass is 213 g/mol. The number of hydrogen-bond acceptors (Lipinski definition) is 2. The number of rotatable bonds is 8. The van der Waals surface area contributed by atoms with Crippen molar-refractivity contribution in [3.63, 3.8) is 0 Å². The number of nitrogens with one attached hydrogen (secondary N) is 1. The number of hydrogen-bond donors (Lipinski definition) is 1. The van der Waals surface area contributed by atoms with Gasteiger partial charge in [0.05, 0.1) is 0 Å². The van der Waals surface area contributed by atoms with E-state index in [1.54, 1.807) is 0 Å². The molecular weight excluding hydrogens is 195 g/mol. The van der Waals surface area contributed by atoms with Crippen LogP contribution in [-0.4, -0.2) is 32.5 Å². The molecule has 14 heavy (non-hydrogen) atoms. The molecule has 0 unspecified atom stereocenters.